The standard InChI is InChI=1S/C20H22F6/c1-12-6-7-15(10-13(12)2)18(19(21,22)23,20(24,25)26)16-8-9-17(4,5)14(3)11-16/h6-11,14H,1-5H3. The molecular weight excluding hydrogens is 354 g/mol. The van der Waals surface area contributed by atoms with Crippen molar-refractivity contribution in [2.24, 2.45) is 11.3 Å². The lowest BCUT2D eigenvalue weighted by atomic mass is 9.66. The Labute approximate surface area is 149 Å². The summed E-state index contributed by atoms with van der Waals surface area (Å²) >= 11 is 0. The van der Waals surface area contributed by atoms with Crippen molar-refractivity contribution < 1.29 is 26.3 Å². The minimum atomic E-state index is -5.54. The molecule has 1 aromatic carbocycles. The molecule has 1 aromatic rings. The Morgan fingerprint density at radius 2 is 1.42 bits per heavy atom. The molecule has 1 atom stereocenters. The van der Waals surface area contributed by atoms with Crippen LogP contribution in [-0.4, -0.2) is 12.4 Å². The Kier molecular flexibility index (Phi) is 4.89. The van der Waals surface area contributed by atoms with Gasteiger partial charge in [-0.1, -0.05) is 57.2 Å². The van der Waals surface area contributed by atoms with E-state index in [1.807, 2.05) is 0 Å². The summed E-state index contributed by atoms with van der Waals surface area (Å²) in [4.78, 5) is 0. The number of allylic oxidation sites excluding steroid dienone is 4. The number of hydrogen-bond acceptors (Lipinski definition) is 0. The maximum atomic E-state index is 14.1. The SMILES string of the molecule is Cc1ccc(C(C2=CC(C)C(C)(C)C=C2)(C(F)(F)F)C(F)(F)F)cc1C. The van der Waals surface area contributed by atoms with Crippen molar-refractivity contribution in [1.29, 1.82) is 0 Å². The summed E-state index contributed by atoms with van der Waals surface area (Å²) in [5.74, 6) is -0.474. The number of benzene rings is 1. The second-order valence-corrected chi connectivity index (χ2v) is 7.61. The van der Waals surface area contributed by atoms with Crippen LogP contribution in [-0.2, 0) is 5.41 Å². The highest BCUT2D eigenvalue weighted by atomic mass is 19.4. The maximum Gasteiger partial charge on any atom is 0.411 e. The van der Waals surface area contributed by atoms with Gasteiger partial charge in [-0.25, -0.2) is 0 Å². The fourth-order valence-corrected chi connectivity index (χ4v) is 3.20. The molecule has 26 heavy (non-hydrogen) atoms. The minimum Gasteiger partial charge on any atom is -0.169 e. The molecule has 0 fully saturated rings. The van der Waals surface area contributed by atoms with Crippen LogP contribution >= 0.6 is 0 Å². The molecule has 0 heterocycles. The number of hydrogen-bond donors (Lipinski definition) is 0. The lowest BCUT2D eigenvalue weighted by Gasteiger charge is -2.42. The van der Waals surface area contributed by atoms with Crippen molar-refractivity contribution in [2.45, 2.75) is 52.4 Å². The van der Waals surface area contributed by atoms with E-state index in [0.717, 1.165) is 24.3 Å². The molecule has 1 unspecified atom stereocenters. The molecule has 2 rings (SSSR count). The second-order valence-electron chi connectivity index (χ2n) is 7.61. The van der Waals surface area contributed by atoms with Gasteiger partial charge in [0, 0.05) is 0 Å². The van der Waals surface area contributed by atoms with E-state index in [2.05, 4.69) is 0 Å². The first kappa shape index (κ1) is 20.6. The monoisotopic (exact) mass is 376 g/mol. The molecule has 0 spiro atoms. The first-order valence-electron chi connectivity index (χ1n) is 8.27. The molecule has 0 aliphatic heterocycles. The number of halogens is 6. The van der Waals surface area contributed by atoms with Gasteiger partial charge in [-0.15, -0.1) is 0 Å². The van der Waals surface area contributed by atoms with Crippen LogP contribution in [0.1, 0.15) is 37.5 Å². The fraction of sp³-hybridized carbons (Fsp3) is 0.500. The summed E-state index contributed by atoms with van der Waals surface area (Å²) in [6, 6.07) is 3.23. The van der Waals surface area contributed by atoms with E-state index in [4.69, 9.17) is 0 Å². The molecule has 0 N–H and O–H groups in total. The van der Waals surface area contributed by atoms with Crippen LogP contribution in [0.5, 0.6) is 0 Å². The predicted molar refractivity (Wildman–Crippen MR) is 89.9 cm³/mol. The summed E-state index contributed by atoms with van der Waals surface area (Å²) < 4.78 is 84.6. The van der Waals surface area contributed by atoms with E-state index >= 15 is 0 Å². The Balaban J connectivity index is 2.87. The van der Waals surface area contributed by atoms with E-state index in [0.29, 0.717) is 11.1 Å². The molecule has 0 nitrogen and oxygen atoms in total. The van der Waals surface area contributed by atoms with Gasteiger partial charge in [0.25, 0.3) is 0 Å². The van der Waals surface area contributed by atoms with Crippen LogP contribution in [0.2, 0.25) is 0 Å². The molecule has 6 heteroatoms. The van der Waals surface area contributed by atoms with Crippen molar-refractivity contribution in [1.82, 2.24) is 0 Å². The predicted octanol–water partition coefficient (Wildman–Crippen LogP) is 6.82. The topological polar surface area (TPSA) is 0 Å². The third-order valence-electron chi connectivity index (χ3n) is 5.52. The van der Waals surface area contributed by atoms with Crippen LogP contribution in [0, 0.1) is 25.2 Å². The molecule has 0 saturated heterocycles. The quantitative estimate of drug-likeness (QED) is 0.497. The summed E-state index contributed by atoms with van der Waals surface area (Å²) in [7, 11) is 0. The lowest BCUT2D eigenvalue weighted by molar-refractivity contribution is -0.289. The van der Waals surface area contributed by atoms with Gasteiger partial charge >= 0.3 is 12.4 Å². The zero-order chi connectivity index (χ0) is 20.1. The molecular formula is C20H22F6. The molecule has 0 radical (unpaired) electrons. The van der Waals surface area contributed by atoms with Gasteiger partial charge in [-0.3, -0.25) is 0 Å². The average molecular weight is 376 g/mol. The third-order valence-corrected chi connectivity index (χ3v) is 5.52. The zero-order valence-corrected chi connectivity index (χ0v) is 15.3. The highest BCUT2D eigenvalue weighted by molar-refractivity contribution is 5.50. The Morgan fingerprint density at radius 1 is 0.885 bits per heavy atom. The van der Waals surface area contributed by atoms with Crippen molar-refractivity contribution >= 4 is 0 Å². The highest BCUT2D eigenvalue weighted by Gasteiger charge is 2.73. The van der Waals surface area contributed by atoms with Crippen LogP contribution in [0.25, 0.3) is 0 Å². The van der Waals surface area contributed by atoms with Crippen molar-refractivity contribution in [2.75, 3.05) is 0 Å². The maximum absolute atomic E-state index is 14.1. The van der Waals surface area contributed by atoms with Gasteiger partial charge in [-0.05, 0) is 47.4 Å². The largest absolute Gasteiger partial charge is 0.411 e. The summed E-state index contributed by atoms with van der Waals surface area (Å²) in [6.07, 6.45) is -7.55. The first-order valence-corrected chi connectivity index (χ1v) is 8.27. The smallest absolute Gasteiger partial charge is 0.169 e. The van der Waals surface area contributed by atoms with Gasteiger partial charge in [0.1, 0.15) is 0 Å². The van der Waals surface area contributed by atoms with Crippen LogP contribution < -0.4 is 0 Å². The molecule has 0 amide bonds. The molecule has 1 aliphatic rings. The van der Waals surface area contributed by atoms with E-state index in [1.54, 1.807) is 27.7 Å². The molecule has 0 bridgehead atoms. The van der Waals surface area contributed by atoms with Crippen LogP contribution in [0.3, 0.4) is 0 Å². The van der Waals surface area contributed by atoms with Crippen LogP contribution in [0.4, 0.5) is 26.3 Å². The normalized spacial score (nSPS) is 20.9. The van der Waals surface area contributed by atoms with E-state index in [1.165, 1.54) is 19.1 Å². The zero-order valence-electron chi connectivity index (χ0n) is 15.3. The second kappa shape index (κ2) is 6.17. The van der Waals surface area contributed by atoms with Gasteiger partial charge in [-0.2, -0.15) is 26.3 Å². The van der Waals surface area contributed by atoms with Crippen LogP contribution in [0.15, 0.2) is 42.0 Å². The summed E-state index contributed by atoms with van der Waals surface area (Å²) in [5.41, 5.74) is -5.13. The Bertz CT molecular complexity index is 733. The van der Waals surface area contributed by atoms with Gasteiger partial charge in [0.15, 0.2) is 0 Å². The van der Waals surface area contributed by atoms with Crippen molar-refractivity contribution in [3.05, 3.63) is 58.7 Å². The van der Waals surface area contributed by atoms with Gasteiger partial charge in [0.2, 0.25) is 5.41 Å². The van der Waals surface area contributed by atoms with E-state index in [-0.39, 0.29) is 0 Å². The number of alkyl halides is 6. The Morgan fingerprint density at radius 3 is 1.85 bits per heavy atom. The van der Waals surface area contributed by atoms with E-state index < -0.39 is 40.2 Å². The average Bonchev–Trinajstić information content (AvgIpc) is 2.44. The number of aryl methyl sites for hydroxylation is 2. The Hall–Kier alpha value is -1.72. The van der Waals surface area contributed by atoms with E-state index in [9.17, 15) is 26.3 Å². The minimum absolute atomic E-state index is 0.383. The summed E-state index contributed by atoms with van der Waals surface area (Å²) in [6.45, 7) is 8.33. The summed E-state index contributed by atoms with van der Waals surface area (Å²) in [5, 5.41) is 0. The fourth-order valence-electron chi connectivity index (χ4n) is 3.20. The van der Waals surface area contributed by atoms with Gasteiger partial charge in [0.05, 0.1) is 0 Å². The highest BCUT2D eigenvalue weighted by Crippen LogP contribution is 2.58. The van der Waals surface area contributed by atoms with Crippen molar-refractivity contribution in [3.63, 3.8) is 0 Å². The molecule has 0 aromatic heterocycles. The molecule has 1 aliphatic carbocycles. The van der Waals surface area contributed by atoms with Crippen molar-refractivity contribution in [3.8, 4) is 0 Å². The molecule has 144 valence electrons. The number of rotatable bonds is 2. The molecule has 0 saturated carbocycles. The van der Waals surface area contributed by atoms with Gasteiger partial charge < -0.3 is 0 Å². The first-order chi connectivity index (χ1) is 11.6. The third kappa shape index (κ3) is 3.08. The lowest BCUT2D eigenvalue weighted by Crippen LogP contribution is -2.55.